The molecule has 0 aliphatic heterocycles. The number of carbonyl (C=O) groups is 1. The first-order valence-electron chi connectivity index (χ1n) is 18.0. The minimum atomic E-state index is -4.27. The van der Waals surface area contributed by atoms with Crippen molar-refractivity contribution in [3.8, 4) is 0 Å². The third kappa shape index (κ3) is 33.9. The number of esters is 1. The minimum Gasteiger partial charge on any atom is -0.457 e. The molecule has 0 aliphatic carbocycles. The Hall–Kier alpha value is -1.28. The number of allylic oxidation sites excluding steroid dienone is 6. The lowest BCUT2D eigenvalue weighted by molar-refractivity contribution is -0.154. The summed E-state index contributed by atoms with van der Waals surface area (Å²) >= 11 is 0. The van der Waals surface area contributed by atoms with E-state index in [1.54, 1.807) is 0 Å². The van der Waals surface area contributed by atoms with Crippen molar-refractivity contribution in [1.29, 1.82) is 0 Å². The summed E-state index contributed by atoms with van der Waals surface area (Å²) in [4.78, 5) is 22.3. The zero-order valence-corrected chi connectivity index (χ0v) is 29.7. The van der Waals surface area contributed by atoms with Crippen molar-refractivity contribution < 1.29 is 32.8 Å². The van der Waals surface area contributed by atoms with E-state index in [-0.39, 0.29) is 32.3 Å². The van der Waals surface area contributed by atoms with Gasteiger partial charge in [-0.1, -0.05) is 134 Å². The van der Waals surface area contributed by atoms with Gasteiger partial charge in [-0.25, -0.2) is 4.57 Å². The summed E-state index contributed by atoms with van der Waals surface area (Å²) in [6.45, 7) is 4.77. The monoisotopic (exact) mass is 657 g/mol. The van der Waals surface area contributed by atoms with Crippen LogP contribution in [0.3, 0.4) is 0 Å². The van der Waals surface area contributed by atoms with Crippen LogP contribution in [0.15, 0.2) is 36.5 Å². The average Bonchev–Trinajstić information content (AvgIpc) is 3.02. The Morgan fingerprint density at radius 2 is 1.24 bits per heavy atom. The van der Waals surface area contributed by atoms with E-state index < -0.39 is 13.9 Å². The molecule has 0 bridgehead atoms. The van der Waals surface area contributed by atoms with Crippen LogP contribution < -0.4 is 5.73 Å². The van der Waals surface area contributed by atoms with Crippen LogP contribution in [0.5, 0.6) is 0 Å². The quantitative estimate of drug-likeness (QED) is 0.0304. The van der Waals surface area contributed by atoms with Crippen LogP contribution in [0.25, 0.3) is 0 Å². The Bertz CT molecular complexity index is 787. The molecule has 45 heavy (non-hydrogen) atoms. The lowest BCUT2D eigenvalue weighted by atomic mass is 10.1. The van der Waals surface area contributed by atoms with Crippen LogP contribution in [0, 0.1) is 0 Å². The van der Waals surface area contributed by atoms with Crippen molar-refractivity contribution in [1.82, 2.24) is 0 Å². The first-order valence-corrected chi connectivity index (χ1v) is 19.5. The zero-order chi connectivity index (χ0) is 33.1. The van der Waals surface area contributed by atoms with Gasteiger partial charge in [0, 0.05) is 19.6 Å². The summed E-state index contributed by atoms with van der Waals surface area (Å²) < 4.78 is 33.2. The van der Waals surface area contributed by atoms with E-state index >= 15 is 0 Å². The van der Waals surface area contributed by atoms with Crippen molar-refractivity contribution in [2.75, 3.05) is 33.0 Å². The SMILES string of the molecule is CC/C=C\C/C=C\C/C=C\CCCCCCCCCC(=O)OC(COCCCCCCCCCCC)COP(=O)(O)OCCN. The second kappa shape index (κ2) is 34.1. The molecule has 0 aromatic heterocycles. The molecule has 0 aliphatic rings. The molecule has 264 valence electrons. The third-order valence-electron chi connectivity index (χ3n) is 7.32. The maximum atomic E-state index is 12.5. The van der Waals surface area contributed by atoms with E-state index in [2.05, 4.69) is 50.3 Å². The molecule has 9 heteroatoms. The first-order chi connectivity index (χ1) is 21.9. The second-order valence-electron chi connectivity index (χ2n) is 11.7. The van der Waals surface area contributed by atoms with Gasteiger partial charge in [0.2, 0.25) is 0 Å². The van der Waals surface area contributed by atoms with Gasteiger partial charge in [0.05, 0.1) is 19.8 Å². The summed E-state index contributed by atoms with van der Waals surface area (Å²) in [5.41, 5.74) is 5.34. The Morgan fingerprint density at radius 3 is 1.87 bits per heavy atom. The highest BCUT2D eigenvalue weighted by Gasteiger charge is 2.25. The average molecular weight is 658 g/mol. The van der Waals surface area contributed by atoms with Crippen LogP contribution in [0.2, 0.25) is 0 Å². The van der Waals surface area contributed by atoms with Crippen molar-refractivity contribution in [3.63, 3.8) is 0 Å². The van der Waals surface area contributed by atoms with Gasteiger partial charge in [0.15, 0.2) is 0 Å². The number of rotatable bonds is 34. The van der Waals surface area contributed by atoms with E-state index in [0.29, 0.717) is 13.0 Å². The zero-order valence-electron chi connectivity index (χ0n) is 28.8. The van der Waals surface area contributed by atoms with Crippen molar-refractivity contribution in [2.45, 2.75) is 155 Å². The molecule has 0 aromatic rings. The van der Waals surface area contributed by atoms with Gasteiger partial charge >= 0.3 is 13.8 Å². The van der Waals surface area contributed by atoms with Gasteiger partial charge in [-0.2, -0.15) is 0 Å². The predicted molar refractivity (Wildman–Crippen MR) is 187 cm³/mol. The topological polar surface area (TPSA) is 117 Å². The number of carbonyl (C=O) groups excluding carboxylic acids is 1. The second-order valence-corrected chi connectivity index (χ2v) is 13.2. The molecule has 0 rings (SSSR count). The summed E-state index contributed by atoms with van der Waals surface area (Å²) in [5.74, 6) is -0.343. The number of nitrogens with two attached hydrogens (primary N) is 1. The largest absolute Gasteiger partial charge is 0.472 e. The van der Waals surface area contributed by atoms with E-state index in [4.69, 9.17) is 24.3 Å². The van der Waals surface area contributed by atoms with Crippen LogP contribution in [0.4, 0.5) is 0 Å². The molecule has 2 atom stereocenters. The molecule has 8 nitrogen and oxygen atoms in total. The Kier molecular flexibility index (Phi) is 33.1. The molecule has 0 aromatic carbocycles. The smallest absolute Gasteiger partial charge is 0.457 e. The van der Waals surface area contributed by atoms with Gasteiger partial charge < -0.3 is 20.1 Å². The van der Waals surface area contributed by atoms with Crippen LogP contribution >= 0.6 is 7.82 Å². The first kappa shape index (κ1) is 43.7. The summed E-state index contributed by atoms with van der Waals surface area (Å²) in [6, 6.07) is 0. The fraction of sp³-hybridized carbons (Fsp3) is 0.806. The van der Waals surface area contributed by atoms with Crippen LogP contribution in [-0.2, 0) is 27.9 Å². The number of phosphoric acid groups is 1. The van der Waals surface area contributed by atoms with Crippen molar-refractivity contribution >= 4 is 13.8 Å². The number of unbranched alkanes of at least 4 members (excludes halogenated alkanes) is 15. The normalized spacial score (nSPS) is 14.1. The Morgan fingerprint density at radius 1 is 0.689 bits per heavy atom. The summed E-state index contributed by atoms with van der Waals surface area (Å²) in [6.07, 6.45) is 35.8. The van der Waals surface area contributed by atoms with Gasteiger partial charge in [-0.15, -0.1) is 0 Å². The number of hydrogen-bond donors (Lipinski definition) is 2. The van der Waals surface area contributed by atoms with Gasteiger partial charge in [-0.05, 0) is 44.9 Å². The van der Waals surface area contributed by atoms with Gasteiger partial charge in [0.25, 0.3) is 0 Å². The highest BCUT2D eigenvalue weighted by molar-refractivity contribution is 7.47. The molecule has 0 fully saturated rings. The molecular formula is C36H68NO7P. The molecule has 3 N–H and O–H groups in total. The highest BCUT2D eigenvalue weighted by Crippen LogP contribution is 2.43. The Labute approximate surface area is 276 Å². The van der Waals surface area contributed by atoms with E-state index in [1.165, 1.54) is 70.6 Å². The van der Waals surface area contributed by atoms with E-state index in [9.17, 15) is 14.3 Å². The van der Waals surface area contributed by atoms with Gasteiger partial charge in [0.1, 0.15) is 6.10 Å². The number of ether oxygens (including phenoxy) is 2. The van der Waals surface area contributed by atoms with E-state index in [0.717, 1.165) is 57.8 Å². The van der Waals surface area contributed by atoms with E-state index in [1.807, 2.05) is 0 Å². The molecular weight excluding hydrogens is 589 g/mol. The lowest BCUT2D eigenvalue weighted by Gasteiger charge is -2.20. The minimum absolute atomic E-state index is 0.0974. The summed E-state index contributed by atoms with van der Waals surface area (Å²) in [5, 5.41) is 0. The lowest BCUT2D eigenvalue weighted by Crippen LogP contribution is -2.28. The maximum absolute atomic E-state index is 12.5. The highest BCUT2D eigenvalue weighted by atomic mass is 31.2. The molecule has 0 amide bonds. The standard InChI is InChI=1S/C36H68NO7P/c1-3-5-7-9-11-13-14-15-16-17-18-19-20-21-23-25-27-29-36(38)44-35(34-43-45(39,40)42-32-30-37)33-41-31-28-26-24-22-12-10-8-6-4-2/h5,7,11,13,15-16,35H,3-4,6,8-10,12,14,17-34,37H2,1-2H3,(H,39,40)/b7-5-,13-11-,16-15-. The molecule has 0 saturated carbocycles. The molecule has 0 radical (unpaired) electrons. The fourth-order valence-electron chi connectivity index (χ4n) is 4.72. The van der Waals surface area contributed by atoms with Gasteiger partial charge in [-0.3, -0.25) is 13.8 Å². The molecule has 2 unspecified atom stereocenters. The predicted octanol–water partition coefficient (Wildman–Crippen LogP) is 9.91. The number of phosphoric ester groups is 1. The van der Waals surface area contributed by atoms with Crippen LogP contribution in [-0.4, -0.2) is 49.9 Å². The molecule has 0 saturated heterocycles. The summed E-state index contributed by atoms with van der Waals surface area (Å²) in [7, 11) is -4.27. The van der Waals surface area contributed by atoms with Crippen molar-refractivity contribution in [3.05, 3.63) is 36.5 Å². The number of hydrogen-bond acceptors (Lipinski definition) is 7. The molecule has 0 heterocycles. The third-order valence-corrected chi connectivity index (χ3v) is 8.31. The van der Waals surface area contributed by atoms with Crippen molar-refractivity contribution in [2.24, 2.45) is 5.73 Å². The van der Waals surface area contributed by atoms with Crippen LogP contribution in [0.1, 0.15) is 149 Å². The fourth-order valence-corrected chi connectivity index (χ4v) is 5.48. The molecule has 0 spiro atoms. The Balaban J connectivity index is 4.09. The maximum Gasteiger partial charge on any atom is 0.472 e.